The van der Waals surface area contributed by atoms with Gasteiger partial charge in [-0.05, 0) is 43.2 Å². The molecule has 0 saturated heterocycles. The highest BCUT2D eigenvalue weighted by molar-refractivity contribution is 6.47. The topological polar surface area (TPSA) is 173 Å². The van der Waals surface area contributed by atoms with Crippen LogP contribution in [-0.2, 0) is 9.59 Å². The fourth-order valence-corrected chi connectivity index (χ4v) is 3.00. The number of anilines is 1. The number of pyridine rings is 1. The number of nitrogens with two attached hydrogens (primary N) is 1. The van der Waals surface area contributed by atoms with E-state index in [0.717, 1.165) is 16.7 Å². The van der Waals surface area contributed by atoms with Gasteiger partial charge in [0, 0.05) is 29.9 Å². The number of nitriles is 1. The van der Waals surface area contributed by atoms with E-state index in [0.29, 0.717) is 34.8 Å². The second kappa shape index (κ2) is 9.61. The lowest BCUT2D eigenvalue weighted by molar-refractivity contribution is -0.117. The lowest BCUT2D eigenvalue weighted by Crippen LogP contribution is -2.33. The summed E-state index contributed by atoms with van der Waals surface area (Å²) in [7, 11) is 0. The first-order valence-corrected chi connectivity index (χ1v) is 9.93. The molecule has 7 N–H and O–H groups in total. The zero-order valence-electron chi connectivity index (χ0n) is 17.8. The summed E-state index contributed by atoms with van der Waals surface area (Å²) in [6, 6.07) is 5.61. The van der Waals surface area contributed by atoms with Crippen LogP contribution in [0.3, 0.4) is 0 Å². The molecule has 0 saturated carbocycles. The minimum Gasteiger partial charge on any atom is -0.402 e. The third-order valence-corrected chi connectivity index (χ3v) is 4.91. The highest BCUT2D eigenvalue weighted by Gasteiger charge is 2.16. The van der Waals surface area contributed by atoms with Gasteiger partial charge in [0.1, 0.15) is 17.1 Å². The third kappa shape index (κ3) is 5.02. The predicted molar refractivity (Wildman–Crippen MR) is 122 cm³/mol. The Hall–Kier alpha value is -4.39. The van der Waals surface area contributed by atoms with Crippen molar-refractivity contribution in [2.24, 2.45) is 5.73 Å². The second-order valence-electron chi connectivity index (χ2n) is 7.24. The van der Waals surface area contributed by atoms with E-state index in [9.17, 15) is 9.59 Å². The van der Waals surface area contributed by atoms with Crippen LogP contribution in [0.15, 0.2) is 47.4 Å². The Balaban J connectivity index is 1.78. The first-order chi connectivity index (χ1) is 15.3. The van der Waals surface area contributed by atoms with Crippen LogP contribution in [0.25, 0.3) is 16.6 Å². The van der Waals surface area contributed by atoms with Gasteiger partial charge in [-0.1, -0.05) is 6.08 Å². The average molecular weight is 432 g/mol. The van der Waals surface area contributed by atoms with Gasteiger partial charge in [0.25, 0.3) is 11.8 Å². The number of dihydropyridines is 1. The molecular formula is C22H24N8O2. The van der Waals surface area contributed by atoms with Crippen molar-refractivity contribution in [1.29, 1.82) is 10.7 Å². The van der Waals surface area contributed by atoms with Crippen LogP contribution < -0.4 is 21.7 Å². The molecule has 2 aromatic heterocycles. The van der Waals surface area contributed by atoms with Crippen molar-refractivity contribution in [3.63, 3.8) is 0 Å². The summed E-state index contributed by atoms with van der Waals surface area (Å²) in [5.41, 5.74) is 9.36. The molecule has 2 aromatic rings. The summed E-state index contributed by atoms with van der Waals surface area (Å²) in [6.45, 7) is 4.02. The van der Waals surface area contributed by atoms with Crippen molar-refractivity contribution in [2.75, 3.05) is 18.4 Å². The molecule has 0 radical (unpaired) electrons. The van der Waals surface area contributed by atoms with E-state index >= 15 is 0 Å². The van der Waals surface area contributed by atoms with Crippen molar-refractivity contribution in [2.45, 2.75) is 20.3 Å². The van der Waals surface area contributed by atoms with Gasteiger partial charge in [0.05, 0.1) is 24.4 Å². The van der Waals surface area contributed by atoms with Crippen LogP contribution in [0.2, 0.25) is 0 Å². The largest absolute Gasteiger partial charge is 0.402 e. The normalized spacial score (nSPS) is 13.8. The van der Waals surface area contributed by atoms with Gasteiger partial charge in [0.15, 0.2) is 0 Å². The molecule has 0 aromatic carbocycles. The summed E-state index contributed by atoms with van der Waals surface area (Å²) >= 11 is 0. The quantitative estimate of drug-likeness (QED) is 0.287. The summed E-state index contributed by atoms with van der Waals surface area (Å²) in [4.78, 5) is 32.1. The summed E-state index contributed by atoms with van der Waals surface area (Å²) in [5.74, 6) is -0.843. The fraction of sp³-hybridized carbons (Fsp3) is 0.227. The molecule has 3 rings (SSSR count). The van der Waals surface area contributed by atoms with Crippen LogP contribution in [0.4, 0.5) is 5.69 Å². The number of nitrogens with one attached hydrogen (secondary N) is 5. The summed E-state index contributed by atoms with van der Waals surface area (Å²) < 4.78 is 0. The number of fused-ring (bicyclic) bond motifs is 1. The van der Waals surface area contributed by atoms with Crippen molar-refractivity contribution >= 4 is 39.8 Å². The lowest BCUT2D eigenvalue weighted by Gasteiger charge is -2.15. The second-order valence-corrected chi connectivity index (χ2v) is 7.24. The zero-order valence-corrected chi connectivity index (χ0v) is 17.8. The van der Waals surface area contributed by atoms with E-state index in [4.69, 9.17) is 16.4 Å². The molecule has 32 heavy (non-hydrogen) atoms. The Morgan fingerprint density at radius 1 is 1.34 bits per heavy atom. The molecule has 0 atom stereocenters. The standard InChI is InChI=1S/C22H24N8O2/c1-12(13(2)24)19(25)22(32)29-16-8-15-10-17(30-20(15)28-11-16)14-4-7-26-18(9-14)21(31)27-6-3-5-23/h4,8-11,25-26H,3,6-7,24H2,1-2H3,(H,27,31)(H,28,30)(H,29,32)/b13-12-,25-19?. The Bertz CT molecular complexity index is 1220. The molecule has 1 aliphatic rings. The number of aromatic amines is 1. The smallest absolute Gasteiger partial charge is 0.273 e. The molecular weight excluding hydrogens is 408 g/mol. The Morgan fingerprint density at radius 3 is 2.84 bits per heavy atom. The number of hydrogen-bond acceptors (Lipinski definition) is 7. The molecule has 1 aliphatic heterocycles. The number of carbonyl (C=O) groups is 2. The van der Waals surface area contributed by atoms with Gasteiger partial charge in [-0.3, -0.25) is 15.0 Å². The highest BCUT2D eigenvalue weighted by atomic mass is 16.2. The van der Waals surface area contributed by atoms with Gasteiger partial charge in [0.2, 0.25) is 0 Å². The third-order valence-electron chi connectivity index (χ3n) is 4.91. The number of carbonyl (C=O) groups excluding carboxylic acids is 2. The number of rotatable bonds is 7. The van der Waals surface area contributed by atoms with Crippen LogP contribution in [-0.4, -0.2) is 40.6 Å². The van der Waals surface area contributed by atoms with E-state index in [-0.39, 0.29) is 24.6 Å². The first-order valence-electron chi connectivity index (χ1n) is 9.93. The number of amides is 2. The van der Waals surface area contributed by atoms with Gasteiger partial charge in [-0.25, -0.2) is 4.98 Å². The number of allylic oxidation sites excluding steroid dienone is 3. The molecule has 164 valence electrons. The molecule has 0 unspecified atom stereocenters. The lowest BCUT2D eigenvalue weighted by atomic mass is 10.1. The van der Waals surface area contributed by atoms with Gasteiger partial charge < -0.3 is 26.7 Å². The van der Waals surface area contributed by atoms with Crippen LogP contribution in [0, 0.1) is 16.7 Å². The zero-order chi connectivity index (χ0) is 23.3. The maximum atomic E-state index is 12.3. The molecule has 10 heteroatoms. The number of hydrogen-bond donors (Lipinski definition) is 6. The Kier molecular flexibility index (Phi) is 6.70. The first kappa shape index (κ1) is 22.3. The molecule has 0 fully saturated rings. The van der Waals surface area contributed by atoms with Crippen molar-refractivity contribution in [3.8, 4) is 6.07 Å². The number of H-pyrrole nitrogens is 1. The average Bonchev–Trinajstić information content (AvgIpc) is 3.21. The SMILES string of the molecule is C/C(N)=C(\C)C(=N)C(=O)Nc1cnc2[nH]c(C3=CCNC(C(=O)NCCC#N)=C3)cc2c1. The van der Waals surface area contributed by atoms with Gasteiger partial charge >= 0.3 is 0 Å². The molecule has 0 spiro atoms. The predicted octanol–water partition coefficient (Wildman–Crippen LogP) is 1.67. The van der Waals surface area contributed by atoms with E-state index in [1.807, 2.05) is 18.2 Å². The van der Waals surface area contributed by atoms with Crippen molar-refractivity contribution < 1.29 is 9.59 Å². The van der Waals surface area contributed by atoms with E-state index < -0.39 is 5.91 Å². The Morgan fingerprint density at radius 2 is 2.12 bits per heavy atom. The fourth-order valence-electron chi connectivity index (χ4n) is 3.00. The minimum absolute atomic E-state index is 0.203. The van der Waals surface area contributed by atoms with Crippen LogP contribution in [0.5, 0.6) is 0 Å². The summed E-state index contributed by atoms with van der Waals surface area (Å²) in [6.07, 6.45) is 5.41. The van der Waals surface area contributed by atoms with Crippen molar-refractivity contribution in [1.82, 2.24) is 20.6 Å². The van der Waals surface area contributed by atoms with E-state index in [1.54, 1.807) is 26.0 Å². The molecule has 2 amide bonds. The monoisotopic (exact) mass is 432 g/mol. The maximum Gasteiger partial charge on any atom is 0.273 e. The molecule has 0 aliphatic carbocycles. The van der Waals surface area contributed by atoms with Gasteiger partial charge in [-0.15, -0.1) is 0 Å². The number of aromatic nitrogens is 2. The Labute approximate surface area is 184 Å². The van der Waals surface area contributed by atoms with Crippen LogP contribution >= 0.6 is 0 Å². The van der Waals surface area contributed by atoms with E-state index in [1.165, 1.54) is 6.20 Å². The summed E-state index contributed by atoms with van der Waals surface area (Å²) in [5, 5.41) is 25.7. The molecule has 3 heterocycles. The number of nitrogens with zero attached hydrogens (tertiary/aromatic N) is 2. The minimum atomic E-state index is -0.569. The van der Waals surface area contributed by atoms with Crippen molar-refractivity contribution in [3.05, 3.63) is 53.1 Å². The molecule has 0 bridgehead atoms. The van der Waals surface area contributed by atoms with Crippen LogP contribution in [0.1, 0.15) is 26.0 Å². The highest BCUT2D eigenvalue weighted by Crippen LogP contribution is 2.24. The molecule has 10 nitrogen and oxygen atoms in total. The van der Waals surface area contributed by atoms with E-state index in [2.05, 4.69) is 25.9 Å². The van der Waals surface area contributed by atoms with Gasteiger partial charge in [-0.2, -0.15) is 5.26 Å². The maximum absolute atomic E-state index is 12.3.